The summed E-state index contributed by atoms with van der Waals surface area (Å²) in [7, 11) is 1.68. The molecule has 27 heavy (non-hydrogen) atoms. The number of aromatic nitrogens is 1. The Balaban J connectivity index is 1.29. The normalized spacial score (nSPS) is 10.9. The van der Waals surface area contributed by atoms with Gasteiger partial charge >= 0.3 is 0 Å². The van der Waals surface area contributed by atoms with Crippen molar-refractivity contribution in [2.45, 2.75) is 19.3 Å². The van der Waals surface area contributed by atoms with Gasteiger partial charge in [-0.1, -0.05) is 30.3 Å². The average Bonchev–Trinajstić information content (AvgIpc) is 3.11. The molecule has 0 bridgehead atoms. The predicted molar refractivity (Wildman–Crippen MR) is 109 cm³/mol. The van der Waals surface area contributed by atoms with Gasteiger partial charge in [0.2, 0.25) is 5.91 Å². The van der Waals surface area contributed by atoms with Crippen LogP contribution in [0.5, 0.6) is 5.75 Å². The number of carbonyl (C=O) groups excluding carboxylic acids is 1. The zero-order valence-electron chi connectivity index (χ0n) is 15.8. The molecule has 0 saturated carbocycles. The van der Waals surface area contributed by atoms with Gasteiger partial charge in [0.15, 0.2) is 0 Å². The molecule has 5 heteroatoms. The van der Waals surface area contributed by atoms with E-state index in [2.05, 4.69) is 33.8 Å². The molecule has 0 aliphatic carbocycles. The van der Waals surface area contributed by atoms with Crippen LogP contribution in [-0.2, 0) is 17.6 Å². The maximum Gasteiger partial charge on any atom is 0.221 e. The summed E-state index contributed by atoms with van der Waals surface area (Å²) in [5, 5.41) is 7.55. The Morgan fingerprint density at radius 3 is 2.81 bits per heavy atom. The molecule has 3 aromatic rings. The van der Waals surface area contributed by atoms with Gasteiger partial charge in [-0.15, -0.1) is 0 Å². The molecular formula is C22H27N3O2. The topological polar surface area (TPSA) is 66.2 Å². The molecule has 0 saturated heterocycles. The fraction of sp³-hybridized carbons (Fsp3) is 0.318. The SMILES string of the molecule is COc1cccc(CCNCCC(=O)NCCc2c[nH]c3ccccc23)c1. The van der Waals surface area contributed by atoms with Crippen LogP contribution >= 0.6 is 0 Å². The Kier molecular flexibility index (Phi) is 6.88. The van der Waals surface area contributed by atoms with Gasteiger partial charge in [-0.3, -0.25) is 4.79 Å². The van der Waals surface area contributed by atoms with Crippen LogP contribution in [0.25, 0.3) is 10.9 Å². The quantitative estimate of drug-likeness (QED) is 0.484. The Labute approximate surface area is 160 Å². The Morgan fingerprint density at radius 2 is 1.93 bits per heavy atom. The second-order valence-corrected chi connectivity index (χ2v) is 6.56. The number of methoxy groups -OCH3 is 1. The summed E-state index contributed by atoms with van der Waals surface area (Å²) < 4.78 is 5.23. The largest absolute Gasteiger partial charge is 0.497 e. The molecule has 0 aliphatic rings. The molecular weight excluding hydrogens is 338 g/mol. The van der Waals surface area contributed by atoms with Crippen LogP contribution in [0.4, 0.5) is 0 Å². The van der Waals surface area contributed by atoms with E-state index in [4.69, 9.17) is 4.74 Å². The summed E-state index contributed by atoms with van der Waals surface area (Å²) in [6.45, 7) is 2.18. The van der Waals surface area contributed by atoms with Crippen LogP contribution in [0.15, 0.2) is 54.7 Å². The van der Waals surface area contributed by atoms with E-state index in [0.29, 0.717) is 19.5 Å². The zero-order valence-corrected chi connectivity index (χ0v) is 15.8. The summed E-state index contributed by atoms with van der Waals surface area (Å²) in [6.07, 6.45) is 4.27. The summed E-state index contributed by atoms with van der Waals surface area (Å²) >= 11 is 0. The molecule has 0 atom stereocenters. The van der Waals surface area contributed by atoms with Gasteiger partial charge in [0, 0.05) is 36.6 Å². The number of aromatic amines is 1. The Hall–Kier alpha value is -2.79. The fourth-order valence-electron chi connectivity index (χ4n) is 3.15. The lowest BCUT2D eigenvalue weighted by atomic mass is 10.1. The van der Waals surface area contributed by atoms with Crippen molar-refractivity contribution in [2.75, 3.05) is 26.7 Å². The molecule has 0 aliphatic heterocycles. The number of H-pyrrole nitrogens is 1. The smallest absolute Gasteiger partial charge is 0.221 e. The Bertz CT molecular complexity index is 873. The van der Waals surface area contributed by atoms with Crippen molar-refractivity contribution in [3.05, 3.63) is 65.9 Å². The molecule has 2 aromatic carbocycles. The van der Waals surface area contributed by atoms with Crippen molar-refractivity contribution in [1.29, 1.82) is 0 Å². The summed E-state index contributed by atoms with van der Waals surface area (Å²) in [6, 6.07) is 16.3. The molecule has 0 spiro atoms. The third-order valence-corrected chi connectivity index (χ3v) is 4.64. The third kappa shape index (κ3) is 5.59. The lowest BCUT2D eigenvalue weighted by Gasteiger charge is -2.07. The number of hydrogen-bond acceptors (Lipinski definition) is 3. The number of ether oxygens (including phenoxy) is 1. The highest BCUT2D eigenvalue weighted by molar-refractivity contribution is 5.83. The molecule has 5 nitrogen and oxygen atoms in total. The van der Waals surface area contributed by atoms with Crippen LogP contribution in [0, 0.1) is 0 Å². The number of amides is 1. The number of rotatable bonds is 10. The molecule has 0 fully saturated rings. The average molecular weight is 365 g/mol. The van der Waals surface area contributed by atoms with Crippen molar-refractivity contribution in [2.24, 2.45) is 0 Å². The summed E-state index contributed by atoms with van der Waals surface area (Å²) in [5.74, 6) is 0.964. The van der Waals surface area contributed by atoms with Crippen LogP contribution in [0.3, 0.4) is 0 Å². The van der Waals surface area contributed by atoms with E-state index in [1.54, 1.807) is 7.11 Å². The molecule has 0 radical (unpaired) electrons. The predicted octanol–water partition coefficient (Wildman–Crippen LogP) is 3.06. The standard InChI is InChI=1S/C22H27N3O2/c1-27-19-6-4-5-17(15-19)9-12-23-13-11-22(26)24-14-10-18-16-25-21-8-3-2-7-20(18)21/h2-8,15-16,23,25H,9-14H2,1H3,(H,24,26). The molecule has 1 heterocycles. The monoisotopic (exact) mass is 365 g/mol. The van der Waals surface area contributed by atoms with E-state index >= 15 is 0 Å². The van der Waals surface area contributed by atoms with Crippen LogP contribution in [-0.4, -0.2) is 37.6 Å². The minimum Gasteiger partial charge on any atom is -0.497 e. The number of nitrogens with one attached hydrogen (secondary N) is 3. The maximum absolute atomic E-state index is 12.0. The van der Waals surface area contributed by atoms with Crippen LogP contribution in [0.2, 0.25) is 0 Å². The highest BCUT2D eigenvalue weighted by Gasteiger charge is 2.04. The first-order valence-electron chi connectivity index (χ1n) is 9.41. The zero-order chi connectivity index (χ0) is 18.9. The van der Waals surface area contributed by atoms with Gasteiger partial charge in [-0.25, -0.2) is 0 Å². The van der Waals surface area contributed by atoms with E-state index in [1.165, 1.54) is 16.5 Å². The highest BCUT2D eigenvalue weighted by atomic mass is 16.5. The van der Waals surface area contributed by atoms with E-state index in [9.17, 15) is 4.79 Å². The highest BCUT2D eigenvalue weighted by Crippen LogP contribution is 2.17. The number of fused-ring (bicyclic) bond motifs is 1. The first-order chi connectivity index (χ1) is 13.3. The van der Waals surface area contributed by atoms with E-state index in [0.717, 1.165) is 30.7 Å². The van der Waals surface area contributed by atoms with Gasteiger partial charge in [0.25, 0.3) is 0 Å². The van der Waals surface area contributed by atoms with Gasteiger partial charge in [0.05, 0.1) is 7.11 Å². The maximum atomic E-state index is 12.0. The molecule has 3 N–H and O–H groups in total. The van der Waals surface area contributed by atoms with E-state index in [-0.39, 0.29) is 5.91 Å². The van der Waals surface area contributed by atoms with E-state index in [1.807, 2.05) is 36.5 Å². The number of carbonyl (C=O) groups is 1. The summed E-state index contributed by atoms with van der Waals surface area (Å²) in [5.41, 5.74) is 3.60. The van der Waals surface area contributed by atoms with Crippen molar-refractivity contribution in [1.82, 2.24) is 15.6 Å². The van der Waals surface area contributed by atoms with Crippen LogP contribution in [0.1, 0.15) is 17.5 Å². The number of hydrogen-bond donors (Lipinski definition) is 3. The number of benzene rings is 2. The second kappa shape index (κ2) is 9.78. The first kappa shape index (κ1) is 19.0. The third-order valence-electron chi connectivity index (χ3n) is 4.64. The van der Waals surface area contributed by atoms with Crippen molar-refractivity contribution in [3.63, 3.8) is 0 Å². The van der Waals surface area contributed by atoms with Crippen molar-refractivity contribution < 1.29 is 9.53 Å². The summed E-state index contributed by atoms with van der Waals surface area (Å²) in [4.78, 5) is 15.2. The van der Waals surface area contributed by atoms with Gasteiger partial charge in [-0.05, 0) is 48.7 Å². The minimum absolute atomic E-state index is 0.0868. The molecule has 1 aromatic heterocycles. The van der Waals surface area contributed by atoms with E-state index < -0.39 is 0 Å². The van der Waals surface area contributed by atoms with Crippen molar-refractivity contribution >= 4 is 16.8 Å². The molecule has 1 amide bonds. The van der Waals surface area contributed by atoms with Gasteiger partial charge in [-0.2, -0.15) is 0 Å². The molecule has 3 rings (SSSR count). The lowest BCUT2D eigenvalue weighted by Crippen LogP contribution is -2.29. The van der Waals surface area contributed by atoms with Gasteiger partial charge in [0.1, 0.15) is 5.75 Å². The first-order valence-corrected chi connectivity index (χ1v) is 9.41. The van der Waals surface area contributed by atoms with Crippen LogP contribution < -0.4 is 15.4 Å². The van der Waals surface area contributed by atoms with Gasteiger partial charge < -0.3 is 20.4 Å². The Morgan fingerprint density at radius 1 is 1.04 bits per heavy atom. The van der Waals surface area contributed by atoms with Crippen molar-refractivity contribution in [3.8, 4) is 5.75 Å². The molecule has 142 valence electrons. The lowest BCUT2D eigenvalue weighted by molar-refractivity contribution is -0.120. The molecule has 0 unspecified atom stereocenters. The number of para-hydroxylation sites is 1. The minimum atomic E-state index is 0.0868. The second-order valence-electron chi connectivity index (χ2n) is 6.56. The fourth-order valence-corrected chi connectivity index (χ4v) is 3.15.